The Morgan fingerprint density at radius 2 is 2.19 bits per heavy atom. The van der Waals surface area contributed by atoms with E-state index in [4.69, 9.17) is 4.52 Å². The summed E-state index contributed by atoms with van der Waals surface area (Å²) < 4.78 is 5.33. The number of amides is 1. The molecule has 6 nitrogen and oxygen atoms in total. The first-order valence-electron chi connectivity index (χ1n) is 7.60. The van der Waals surface area contributed by atoms with E-state index in [9.17, 15) is 4.79 Å². The number of carbonyl (C=O) groups excluding carboxylic acids is 1. The molecule has 2 aromatic heterocycles. The van der Waals surface area contributed by atoms with Gasteiger partial charge in [0.05, 0.1) is 17.7 Å². The first kappa shape index (κ1) is 12.6. The number of rotatable bonds is 2. The lowest BCUT2D eigenvalue weighted by molar-refractivity contribution is -0.120. The smallest absolute Gasteiger partial charge is 0.234 e. The van der Waals surface area contributed by atoms with Gasteiger partial charge in [0.25, 0.3) is 0 Å². The topological polar surface area (TPSA) is 83.8 Å². The number of aromatic nitrogens is 3. The highest BCUT2D eigenvalue weighted by atomic mass is 16.5. The van der Waals surface area contributed by atoms with Crippen LogP contribution in [-0.4, -0.2) is 21.0 Å². The summed E-state index contributed by atoms with van der Waals surface area (Å²) in [4.78, 5) is 19.8. The zero-order valence-electron chi connectivity index (χ0n) is 11.8. The fourth-order valence-corrected chi connectivity index (χ4v) is 3.33. The van der Waals surface area contributed by atoms with Crippen molar-refractivity contribution in [2.24, 2.45) is 5.92 Å². The zero-order chi connectivity index (χ0) is 14.2. The molecule has 0 saturated carbocycles. The molecular weight excluding hydrogens is 268 g/mol. The minimum absolute atomic E-state index is 0.0257. The second-order valence-corrected chi connectivity index (χ2v) is 5.90. The molecule has 0 saturated heterocycles. The number of aromatic amines is 1. The quantitative estimate of drug-likeness (QED) is 0.884. The molecule has 0 spiro atoms. The fraction of sp³-hybridized carbons (Fsp3) is 0.533. The molecule has 1 unspecified atom stereocenters. The minimum atomic E-state index is -0.0257. The highest BCUT2D eigenvalue weighted by molar-refractivity contribution is 5.92. The van der Waals surface area contributed by atoms with Crippen molar-refractivity contribution in [3.63, 3.8) is 0 Å². The lowest BCUT2D eigenvalue weighted by Crippen LogP contribution is -2.28. The van der Waals surface area contributed by atoms with Crippen molar-refractivity contribution in [2.45, 2.75) is 44.9 Å². The van der Waals surface area contributed by atoms with E-state index in [1.54, 1.807) is 6.33 Å². The van der Waals surface area contributed by atoms with Crippen LogP contribution in [0, 0.1) is 5.92 Å². The number of aryl methyl sites for hydroxylation is 2. The average Bonchev–Trinajstić information content (AvgIpc) is 3.13. The number of fused-ring (bicyclic) bond motifs is 2. The Balaban J connectivity index is 1.48. The number of nitrogens with zero attached hydrogens (tertiary/aromatic N) is 2. The molecule has 1 atom stereocenters. The summed E-state index contributed by atoms with van der Waals surface area (Å²) in [5.41, 5.74) is 4.28. The molecule has 0 radical (unpaired) electrons. The summed E-state index contributed by atoms with van der Waals surface area (Å²) >= 11 is 0. The van der Waals surface area contributed by atoms with Crippen LogP contribution in [0.25, 0.3) is 0 Å². The summed E-state index contributed by atoms with van der Waals surface area (Å²) in [6.45, 7) is 0. The molecule has 0 bridgehead atoms. The van der Waals surface area contributed by atoms with E-state index in [-0.39, 0.29) is 11.8 Å². The van der Waals surface area contributed by atoms with Crippen LogP contribution in [-0.2, 0) is 30.5 Å². The fourth-order valence-electron chi connectivity index (χ4n) is 3.33. The number of hydrogen-bond donors (Lipinski definition) is 2. The van der Waals surface area contributed by atoms with Crippen molar-refractivity contribution in [2.75, 3.05) is 5.32 Å². The molecule has 0 fully saturated rings. The largest absolute Gasteiger partial charge is 0.348 e. The van der Waals surface area contributed by atoms with E-state index in [2.05, 4.69) is 20.4 Å². The predicted molar refractivity (Wildman–Crippen MR) is 75.9 cm³/mol. The predicted octanol–water partition coefficient (Wildman–Crippen LogP) is 2.02. The molecule has 0 aromatic carbocycles. The van der Waals surface area contributed by atoms with Crippen LogP contribution in [0.5, 0.6) is 0 Å². The van der Waals surface area contributed by atoms with E-state index >= 15 is 0 Å². The van der Waals surface area contributed by atoms with Gasteiger partial charge in [0.15, 0.2) is 0 Å². The van der Waals surface area contributed by atoms with Crippen molar-refractivity contribution >= 4 is 11.8 Å². The Morgan fingerprint density at radius 3 is 3.14 bits per heavy atom. The average molecular weight is 286 g/mol. The number of H-pyrrole nitrogens is 1. The van der Waals surface area contributed by atoms with Gasteiger partial charge in [-0.2, -0.15) is 0 Å². The van der Waals surface area contributed by atoms with Gasteiger partial charge in [-0.25, -0.2) is 4.98 Å². The molecule has 6 heteroatoms. The number of imidazole rings is 1. The Kier molecular flexibility index (Phi) is 3.02. The van der Waals surface area contributed by atoms with Crippen LogP contribution < -0.4 is 5.32 Å². The highest BCUT2D eigenvalue weighted by Gasteiger charge is 2.28. The van der Waals surface area contributed by atoms with Crippen LogP contribution in [0.3, 0.4) is 0 Å². The number of anilines is 1. The molecule has 4 rings (SSSR count). The van der Waals surface area contributed by atoms with E-state index in [0.29, 0.717) is 5.88 Å². The Labute approximate surface area is 122 Å². The summed E-state index contributed by atoms with van der Waals surface area (Å²) in [5.74, 6) is 0.562. The third kappa shape index (κ3) is 2.24. The second-order valence-electron chi connectivity index (χ2n) is 5.90. The van der Waals surface area contributed by atoms with Gasteiger partial charge in [0, 0.05) is 23.6 Å². The molecule has 2 N–H and O–H groups in total. The first-order chi connectivity index (χ1) is 10.3. The van der Waals surface area contributed by atoms with Crippen LogP contribution >= 0.6 is 0 Å². The van der Waals surface area contributed by atoms with Crippen molar-refractivity contribution in [1.82, 2.24) is 15.1 Å². The molecule has 2 aromatic rings. The van der Waals surface area contributed by atoms with Gasteiger partial charge in [0.1, 0.15) is 0 Å². The molecule has 2 aliphatic rings. The maximum absolute atomic E-state index is 12.4. The maximum Gasteiger partial charge on any atom is 0.234 e. The van der Waals surface area contributed by atoms with Crippen LogP contribution in [0.2, 0.25) is 0 Å². The second kappa shape index (κ2) is 5.02. The van der Waals surface area contributed by atoms with Crippen LogP contribution in [0.15, 0.2) is 10.9 Å². The summed E-state index contributed by atoms with van der Waals surface area (Å²) in [6, 6.07) is 0. The lowest BCUT2D eigenvalue weighted by Gasteiger charge is -2.20. The van der Waals surface area contributed by atoms with Crippen LogP contribution in [0.4, 0.5) is 5.88 Å². The Morgan fingerprint density at radius 1 is 1.29 bits per heavy atom. The maximum atomic E-state index is 12.4. The van der Waals surface area contributed by atoms with Gasteiger partial charge in [-0.05, 0) is 38.5 Å². The van der Waals surface area contributed by atoms with E-state index in [1.165, 1.54) is 0 Å². The number of nitrogens with one attached hydrogen (secondary N) is 2. The van der Waals surface area contributed by atoms with E-state index < -0.39 is 0 Å². The standard InChI is InChI=1S/C15H18N4O2/c20-14(9-5-6-12-13(7-9)17-8-16-12)18-15-10-3-1-2-4-11(10)19-21-15/h8-9H,1-7H2,(H,16,17)(H,18,20). The van der Waals surface area contributed by atoms with E-state index in [1.807, 2.05) is 0 Å². The van der Waals surface area contributed by atoms with Gasteiger partial charge in [-0.1, -0.05) is 5.16 Å². The summed E-state index contributed by atoms with van der Waals surface area (Å²) in [7, 11) is 0. The van der Waals surface area contributed by atoms with Gasteiger partial charge >= 0.3 is 0 Å². The van der Waals surface area contributed by atoms with Crippen molar-refractivity contribution in [3.8, 4) is 0 Å². The minimum Gasteiger partial charge on any atom is -0.348 e. The summed E-state index contributed by atoms with van der Waals surface area (Å²) in [6.07, 6.45) is 8.30. The van der Waals surface area contributed by atoms with Crippen molar-refractivity contribution < 1.29 is 9.32 Å². The molecule has 1 amide bonds. The van der Waals surface area contributed by atoms with Crippen molar-refractivity contribution in [3.05, 3.63) is 29.0 Å². The lowest BCUT2D eigenvalue weighted by atomic mass is 9.89. The molecule has 21 heavy (non-hydrogen) atoms. The highest BCUT2D eigenvalue weighted by Crippen LogP contribution is 2.29. The molecule has 0 aliphatic heterocycles. The number of carbonyl (C=O) groups is 1. The monoisotopic (exact) mass is 286 g/mol. The molecule has 110 valence electrons. The van der Waals surface area contributed by atoms with Crippen LogP contribution in [0.1, 0.15) is 41.9 Å². The molecule has 2 heterocycles. The zero-order valence-corrected chi connectivity index (χ0v) is 11.8. The normalized spacial score (nSPS) is 20.7. The third-order valence-electron chi connectivity index (χ3n) is 4.56. The Bertz CT molecular complexity index is 673. The first-order valence-corrected chi connectivity index (χ1v) is 7.60. The molecule has 2 aliphatic carbocycles. The Hall–Kier alpha value is -2.11. The SMILES string of the molecule is O=C(Nc1onc2c1CCCC2)C1CCc2nc[nH]c2C1. The summed E-state index contributed by atoms with van der Waals surface area (Å²) in [5, 5.41) is 7.02. The van der Waals surface area contributed by atoms with Gasteiger partial charge < -0.3 is 9.51 Å². The number of hydrogen-bond acceptors (Lipinski definition) is 4. The van der Waals surface area contributed by atoms with Gasteiger partial charge in [0.2, 0.25) is 11.8 Å². The molecular formula is C15H18N4O2. The van der Waals surface area contributed by atoms with Gasteiger partial charge in [-0.15, -0.1) is 0 Å². The van der Waals surface area contributed by atoms with Crippen molar-refractivity contribution in [1.29, 1.82) is 0 Å². The third-order valence-corrected chi connectivity index (χ3v) is 4.56. The van der Waals surface area contributed by atoms with Gasteiger partial charge in [-0.3, -0.25) is 10.1 Å². The van der Waals surface area contributed by atoms with E-state index in [0.717, 1.165) is 67.6 Å².